The van der Waals surface area contributed by atoms with E-state index in [2.05, 4.69) is 37.8 Å². The molecule has 0 bridgehead atoms. The topological polar surface area (TPSA) is 94.8 Å². The van der Waals surface area contributed by atoms with Gasteiger partial charge in [-0.25, -0.2) is 10.5 Å². The number of nitrogens with zero attached hydrogens (tertiary/aromatic N) is 1. The van der Waals surface area contributed by atoms with Crippen LogP contribution >= 0.6 is 15.9 Å². The Balaban J connectivity index is 1.46. The number of halogens is 1. The quantitative estimate of drug-likeness (QED) is 0.270. The monoisotopic (exact) mass is 539 g/mol. The van der Waals surface area contributed by atoms with Gasteiger partial charge in [-0.15, -0.1) is 0 Å². The number of nitrogens with one attached hydrogen (secondary N) is 2. The maximum absolute atomic E-state index is 12.5. The van der Waals surface area contributed by atoms with Gasteiger partial charge < -0.3 is 19.2 Å². The van der Waals surface area contributed by atoms with Crippen LogP contribution in [0.15, 0.2) is 69.6 Å². The average molecular weight is 540 g/mol. The van der Waals surface area contributed by atoms with Crippen LogP contribution in [0.5, 0.6) is 11.6 Å². The number of carbonyl (C=O) groups excluding carboxylic acids is 1. The van der Waals surface area contributed by atoms with Crippen molar-refractivity contribution in [1.82, 2.24) is 15.8 Å². The van der Waals surface area contributed by atoms with E-state index in [9.17, 15) is 4.79 Å². The lowest BCUT2D eigenvalue weighted by Crippen LogP contribution is -2.31. The van der Waals surface area contributed by atoms with E-state index in [1.807, 2.05) is 49.4 Å². The highest BCUT2D eigenvalue weighted by Crippen LogP contribution is 2.26. The second-order valence-corrected chi connectivity index (χ2v) is 8.76. The van der Waals surface area contributed by atoms with Crippen molar-refractivity contribution in [1.29, 1.82) is 0 Å². The van der Waals surface area contributed by atoms with Crippen LogP contribution < -0.4 is 20.3 Å². The van der Waals surface area contributed by atoms with Gasteiger partial charge in [-0.2, -0.15) is 0 Å². The van der Waals surface area contributed by atoms with Crippen LogP contribution in [-0.4, -0.2) is 31.7 Å². The van der Waals surface area contributed by atoms with Crippen molar-refractivity contribution in [2.24, 2.45) is 0 Å². The molecule has 1 atom stereocenters. The number of amides is 1. The number of hydrogen-bond donors (Lipinski definition) is 2. The number of aryl methyl sites for hydroxylation is 1. The first kappa shape index (κ1) is 24.7. The molecule has 8 nitrogen and oxygen atoms in total. The molecule has 0 radical (unpaired) electrons. The molecule has 0 saturated heterocycles. The second-order valence-electron chi connectivity index (χ2n) is 7.90. The van der Waals surface area contributed by atoms with E-state index >= 15 is 0 Å². The molecule has 35 heavy (non-hydrogen) atoms. The summed E-state index contributed by atoms with van der Waals surface area (Å²) in [6, 6.07) is 18.7. The van der Waals surface area contributed by atoms with Crippen molar-refractivity contribution < 1.29 is 23.5 Å². The Morgan fingerprint density at radius 2 is 1.86 bits per heavy atom. The molecule has 9 heteroatoms. The summed E-state index contributed by atoms with van der Waals surface area (Å²) in [6.45, 7) is 2.73. The molecule has 0 aliphatic heterocycles. The second kappa shape index (κ2) is 11.4. The highest BCUT2D eigenvalue weighted by molar-refractivity contribution is 9.10. The predicted molar refractivity (Wildman–Crippen MR) is 135 cm³/mol. The van der Waals surface area contributed by atoms with Gasteiger partial charge in [0.2, 0.25) is 5.88 Å². The largest absolute Gasteiger partial charge is 0.497 e. The molecular weight excluding hydrogens is 514 g/mol. The summed E-state index contributed by atoms with van der Waals surface area (Å²) >= 11 is 3.32. The molecule has 2 aromatic heterocycles. The molecule has 0 aliphatic rings. The van der Waals surface area contributed by atoms with Gasteiger partial charge in [-0.05, 0) is 70.9 Å². The van der Waals surface area contributed by atoms with Gasteiger partial charge in [-0.1, -0.05) is 23.8 Å². The number of benzene rings is 2. The Morgan fingerprint density at radius 1 is 1.06 bits per heavy atom. The van der Waals surface area contributed by atoms with Crippen LogP contribution in [-0.2, 0) is 11.4 Å². The van der Waals surface area contributed by atoms with E-state index in [1.165, 1.54) is 7.11 Å². The summed E-state index contributed by atoms with van der Waals surface area (Å²) in [6.07, 6.45) is 0. The van der Waals surface area contributed by atoms with Crippen LogP contribution in [0, 0.1) is 6.92 Å². The zero-order chi connectivity index (χ0) is 24.8. The minimum Gasteiger partial charge on any atom is -0.497 e. The number of fused-ring (bicyclic) bond motifs is 1. The number of ether oxygens (including phenoxy) is 2. The van der Waals surface area contributed by atoms with E-state index in [0.717, 1.165) is 27.8 Å². The number of methoxy groups -OCH3 is 2. The zero-order valence-corrected chi connectivity index (χ0v) is 21.2. The molecule has 2 aromatic carbocycles. The lowest BCUT2D eigenvalue weighted by Gasteiger charge is -2.17. The third-order valence-electron chi connectivity index (χ3n) is 5.40. The summed E-state index contributed by atoms with van der Waals surface area (Å²) in [5.74, 6) is 1.33. The first-order chi connectivity index (χ1) is 17.0. The summed E-state index contributed by atoms with van der Waals surface area (Å²) in [7, 11) is 3.12. The third-order valence-corrected chi connectivity index (χ3v) is 6.00. The fraction of sp³-hybridized carbons (Fsp3) is 0.231. The molecule has 0 aliphatic carbocycles. The number of pyridine rings is 1. The van der Waals surface area contributed by atoms with E-state index in [4.69, 9.17) is 18.7 Å². The van der Waals surface area contributed by atoms with E-state index in [1.54, 1.807) is 19.2 Å². The van der Waals surface area contributed by atoms with Gasteiger partial charge in [0.15, 0.2) is 0 Å². The first-order valence-electron chi connectivity index (χ1n) is 11.0. The fourth-order valence-corrected chi connectivity index (χ4v) is 3.90. The smallest absolute Gasteiger partial charge is 0.293 e. The number of rotatable bonds is 10. The number of aromatic nitrogens is 1. The number of hydroxylamine groups is 1. The van der Waals surface area contributed by atoms with Crippen LogP contribution in [0.25, 0.3) is 11.0 Å². The van der Waals surface area contributed by atoms with Gasteiger partial charge in [0.25, 0.3) is 5.91 Å². The number of carbonyl (C=O) groups is 1. The zero-order valence-electron chi connectivity index (χ0n) is 19.6. The van der Waals surface area contributed by atoms with Crippen LogP contribution in [0.3, 0.4) is 0 Å². The fourth-order valence-electron chi connectivity index (χ4n) is 3.52. The number of furan rings is 1. The maximum Gasteiger partial charge on any atom is 0.293 e. The van der Waals surface area contributed by atoms with Crippen molar-refractivity contribution in [3.8, 4) is 11.6 Å². The normalized spacial score (nSPS) is 11.9. The Morgan fingerprint density at radius 3 is 2.60 bits per heavy atom. The summed E-state index contributed by atoms with van der Waals surface area (Å²) in [5.41, 5.74) is 5.63. The highest BCUT2D eigenvalue weighted by atomic mass is 79.9. The number of hydrogen-bond acceptors (Lipinski definition) is 7. The highest BCUT2D eigenvalue weighted by Gasteiger charge is 2.19. The first-order valence-corrected chi connectivity index (χ1v) is 11.7. The van der Waals surface area contributed by atoms with Gasteiger partial charge in [0.05, 0.1) is 31.3 Å². The lowest BCUT2D eigenvalue weighted by molar-refractivity contribution is 0.0193. The van der Waals surface area contributed by atoms with Crippen LogP contribution in [0.1, 0.15) is 33.4 Å². The minimum atomic E-state index is -0.482. The van der Waals surface area contributed by atoms with Crippen molar-refractivity contribution in [3.63, 3.8) is 0 Å². The van der Waals surface area contributed by atoms with E-state index < -0.39 is 5.91 Å². The maximum atomic E-state index is 12.5. The van der Waals surface area contributed by atoms with E-state index in [0.29, 0.717) is 22.7 Å². The van der Waals surface area contributed by atoms with Crippen LogP contribution in [0.4, 0.5) is 0 Å². The minimum absolute atomic E-state index is 0.133. The third kappa shape index (κ3) is 6.19. The molecule has 1 amide bonds. The summed E-state index contributed by atoms with van der Waals surface area (Å²) in [4.78, 5) is 22.3. The molecule has 4 rings (SSSR count). The van der Waals surface area contributed by atoms with Gasteiger partial charge >= 0.3 is 0 Å². The van der Waals surface area contributed by atoms with Gasteiger partial charge in [0.1, 0.15) is 22.8 Å². The van der Waals surface area contributed by atoms with Gasteiger partial charge in [0, 0.05) is 11.9 Å². The van der Waals surface area contributed by atoms with Crippen LogP contribution in [0.2, 0.25) is 0 Å². The summed E-state index contributed by atoms with van der Waals surface area (Å²) < 4.78 is 17.1. The van der Waals surface area contributed by atoms with Crippen molar-refractivity contribution in [3.05, 3.63) is 87.7 Å². The van der Waals surface area contributed by atoms with Crippen molar-refractivity contribution in [2.75, 3.05) is 20.8 Å². The van der Waals surface area contributed by atoms with Crippen molar-refractivity contribution in [2.45, 2.75) is 19.5 Å². The molecule has 0 fully saturated rings. The molecule has 0 spiro atoms. The van der Waals surface area contributed by atoms with E-state index in [-0.39, 0.29) is 18.3 Å². The molecule has 0 saturated carbocycles. The Hall–Kier alpha value is -3.40. The lowest BCUT2D eigenvalue weighted by atomic mass is 10.1. The van der Waals surface area contributed by atoms with Gasteiger partial charge in [-0.3, -0.25) is 9.63 Å². The Bertz CT molecular complexity index is 1310. The SMILES string of the molecule is COc1ccc(CN[C@H](CONC(=O)c2ccc(Br)c(OC)n2)c2cc3cc(C)ccc3o2)cc1. The molecule has 2 N–H and O–H groups in total. The summed E-state index contributed by atoms with van der Waals surface area (Å²) in [5, 5.41) is 4.46. The average Bonchev–Trinajstić information content (AvgIpc) is 3.29. The standard InChI is InChI=1S/C26H26BrN3O5/c1-16-4-11-23-18(12-16)13-24(35-23)22(28-14-17-5-7-19(32-2)8-6-17)15-34-30-25(31)21-10-9-20(27)26(29-21)33-3/h4-13,22,28H,14-15H2,1-3H3,(H,30,31)/t22-/m1/s1. The molecule has 2 heterocycles. The Kier molecular flexibility index (Phi) is 8.02. The molecule has 4 aromatic rings. The molecule has 0 unspecified atom stereocenters. The molecular formula is C26H26BrN3O5. The molecule has 182 valence electrons. The predicted octanol–water partition coefficient (Wildman–Crippen LogP) is 5.11. The Labute approximate surface area is 211 Å². The van der Waals surface area contributed by atoms with Crippen molar-refractivity contribution >= 4 is 32.8 Å².